The molecule has 31 heavy (non-hydrogen) atoms. The number of hydrogen-bond acceptors (Lipinski definition) is 8. The van der Waals surface area contributed by atoms with Crippen molar-refractivity contribution >= 4 is 11.6 Å². The molecule has 0 spiro atoms. The average Bonchev–Trinajstić information content (AvgIpc) is 3.51. The van der Waals surface area contributed by atoms with Crippen molar-refractivity contribution in [1.82, 2.24) is 0 Å². The van der Waals surface area contributed by atoms with E-state index in [1.54, 1.807) is 6.92 Å². The molecule has 3 N–H and O–H groups in total. The van der Waals surface area contributed by atoms with Gasteiger partial charge in [0.25, 0.3) is 0 Å². The molecular weight excluding hydrogens is 402 g/mol. The molecule has 8 atom stereocenters. The molecule has 1 aromatic rings. The molecule has 0 saturated carbocycles. The fourth-order valence-corrected chi connectivity index (χ4v) is 4.02. The fourth-order valence-electron chi connectivity index (χ4n) is 4.02. The van der Waals surface area contributed by atoms with E-state index in [-0.39, 0.29) is 49.1 Å². The lowest BCUT2D eigenvalue weighted by Crippen LogP contribution is -2.51. The summed E-state index contributed by atoms with van der Waals surface area (Å²) in [6.07, 6.45) is -3.64. The van der Waals surface area contributed by atoms with Crippen LogP contribution in [-0.4, -0.2) is 70.1 Å². The van der Waals surface area contributed by atoms with Crippen LogP contribution in [0.3, 0.4) is 0 Å². The third-order valence-electron chi connectivity index (χ3n) is 6.29. The number of epoxide rings is 1. The molecular formula is C23H29NO7. The van der Waals surface area contributed by atoms with Crippen molar-refractivity contribution in [2.45, 2.75) is 69.7 Å². The molecule has 3 rings (SSSR count). The Kier molecular flexibility index (Phi) is 7.57. The number of nitrogens with zero attached hydrogens (tertiary/aromatic N) is 1. The average molecular weight is 431 g/mol. The number of carbonyl (C=O) groups excluding carboxylic acids is 2. The molecule has 168 valence electrons. The maximum absolute atomic E-state index is 12.4. The van der Waals surface area contributed by atoms with E-state index in [0.29, 0.717) is 17.5 Å². The summed E-state index contributed by atoms with van der Waals surface area (Å²) in [6, 6.07) is 8.01. The van der Waals surface area contributed by atoms with Crippen LogP contribution in [0.5, 0.6) is 0 Å². The second kappa shape index (κ2) is 9.98. The second-order valence-corrected chi connectivity index (χ2v) is 8.62. The van der Waals surface area contributed by atoms with Crippen molar-refractivity contribution in [3.63, 3.8) is 0 Å². The first-order valence-corrected chi connectivity index (χ1v) is 10.6. The van der Waals surface area contributed by atoms with Crippen LogP contribution in [0.1, 0.15) is 49.0 Å². The van der Waals surface area contributed by atoms with E-state index >= 15 is 0 Å². The van der Waals surface area contributed by atoms with Gasteiger partial charge in [0.2, 0.25) is 0 Å². The maximum Gasteiger partial charge on any atom is 0.170 e. The van der Waals surface area contributed by atoms with Crippen LogP contribution >= 0.6 is 0 Å². The summed E-state index contributed by atoms with van der Waals surface area (Å²) in [6.45, 7) is 3.69. The van der Waals surface area contributed by atoms with Gasteiger partial charge in [-0.15, -0.1) is 0 Å². The number of ketones is 2. The molecule has 2 aliphatic heterocycles. The lowest BCUT2D eigenvalue weighted by molar-refractivity contribution is -0.170. The van der Waals surface area contributed by atoms with Gasteiger partial charge in [0, 0.05) is 30.2 Å². The van der Waals surface area contributed by atoms with Crippen LogP contribution in [-0.2, 0) is 14.3 Å². The zero-order valence-electron chi connectivity index (χ0n) is 17.7. The Hall–Kier alpha value is -2.15. The largest absolute Gasteiger partial charge is 0.393 e. The van der Waals surface area contributed by atoms with E-state index in [0.717, 1.165) is 0 Å². The van der Waals surface area contributed by atoms with Gasteiger partial charge in [0.1, 0.15) is 11.9 Å². The van der Waals surface area contributed by atoms with Crippen LogP contribution in [0.2, 0.25) is 0 Å². The standard InChI is InChI=1S/C23H29NO7/c1-12(13(2)25)23-20(31-23)9-19-22(29)21(28)16(11-30-19)7-17(26)8-18(27)15-5-3-14(10-24)4-6-15/h3-6,12-13,16,19-23,25,28-29H,7-9,11H2,1-2H3/t12-,13-,16-,19-,20-,21+,22-,23-/m0/s1. The summed E-state index contributed by atoms with van der Waals surface area (Å²) in [5.41, 5.74) is 0.774. The monoisotopic (exact) mass is 431 g/mol. The van der Waals surface area contributed by atoms with Crippen molar-refractivity contribution in [1.29, 1.82) is 5.26 Å². The summed E-state index contributed by atoms with van der Waals surface area (Å²) in [4.78, 5) is 24.6. The first-order chi connectivity index (χ1) is 14.7. The Labute approximate surface area is 181 Å². The zero-order chi connectivity index (χ0) is 22.7. The van der Waals surface area contributed by atoms with Gasteiger partial charge >= 0.3 is 0 Å². The molecule has 0 unspecified atom stereocenters. The van der Waals surface area contributed by atoms with Crippen LogP contribution in [0.4, 0.5) is 0 Å². The number of Topliss-reactive ketones (excluding diaryl/α,β-unsaturated/α-hetero) is 2. The number of hydrogen-bond donors (Lipinski definition) is 3. The predicted octanol–water partition coefficient (Wildman–Crippen LogP) is 1.00. The van der Waals surface area contributed by atoms with E-state index in [1.165, 1.54) is 24.3 Å². The van der Waals surface area contributed by atoms with E-state index in [1.807, 2.05) is 13.0 Å². The minimum absolute atomic E-state index is 0.0327. The van der Waals surface area contributed by atoms with Crippen LogP contribution < -0.4 is 0 Å². The Morgan fingerprint density at radius 2 is 1.84 bits per heavy atom. The third kappa shape index (κ3) is 5.76. The molecule has 8 heteroatoms. The molecule has 0 aliphatic carbocycles. The topological polar surface area (TPSA) is 140 Å². The van der Waals surface area contributed by atoms with Gasteiger partial charge in [0.05, 0.1) is 55.2 Å². The van der Waals surface area contributed by atoms with Gasteiger partial charge in [-0.05, 0) is 19.1 Å². The maximum atomic E-state index is 12.4. The number of rotatable bonds is 9. The number of ether oxygens (including phenoxy) is 2. The van der Waals surface area contributed by atoms with Gasteiger partial charge in [-0.25, -0.2) is 0 Å². The second-order valence-electron chi connectivity index (χ2n) is 8.62. The molecule has 2 fully saturated rings. The summed E-state index contributed by atoms with van der Waals surface area (Å²) < 4.78 is 11.3. The fraction of sp³-hybridized carbons (Fsp3) is 0.609. The molecule has 1 aromatic carbocycles. The first kappa shape index (κ1) is 23.5. The van der Waals surface area contributed by atoms with Crippen LogP contribution in [0.25, 0.3) is 0 Å². The van der Waals surface area contributed by atoms with Gasteiger partial charge in [-0.3, -0.25) is 9.59 Å². The lowest BCUT2D eigenvalue weighted by atomic mass is 9.85. The van der Waals surface area contributed by atoms with Crippen molar-refractivity contribution in [3.8, 4) is 6.07 Å². The third-order valence-corrected chi connectivity index (χ3v) is 6.29. The highest BCUT2D eigenvalue weighted by Crippen LogP contribution is 2.37. The minimum Gasteiger partial charge on any atom is -0.393 e. The molecule has 0 aromatic heterocycles. The summed E-state index contributed by atoms with van der Waals surface area (Å²) >= 11 is 0. The highest BCUT2D eigenvalue weighted by atomic mass is 16.6. The van der Waals surface area contributed by atoms with E-state index < -0.39 is 30.3 Å². The Balaban J connectivity index is 1.47. The molecule has 2 heterocycles. The SMILES string of the molecule is C[C@H]([C@@H]1O[C@H]1C[C@@H]1OC[C@H](CC(=O)CC(=O)c2ccc(C#N)cc2)[C@@H](O)[C@H]1O)[C@H](C)O. The summed E-state index contributed by atoms with van der Waals surface area (Å²) in [5, 5.41) is 39.4. The first-order valence-electron chi connectivity index (χ1n) is 10.6. The zero-order valence-corrected chi connectivity index (χ0v) is 17.7. The Morgan fingerprint density at radius 1 is 1.16 bits per heavy atom. The van der Waals surface area contributed by atoms with Crippen molar-refractivity contribution < 1.29 is 34.4 Å². The van der Waals surface area contributed by atoms with Gasteiger partial charge < -0.3 is 24.8 Å². The lowest BCUT2D eigenvalue weighted by Gasteiger charge is -2.37. The predicted molar refractivity (Wildman–Crippen MR) is 109 cm³/mol. The number of nitriles is 1. The molecule has 2 saturated heterocycles. The quantitative estimate of drug-likeness (QED) is 0.299. The summed E-state index contributed by atoms with van der Waals surface area (Å²) in [5.74, 6) is -1.33. The highest BCUT2D eigenvalue weighted by molar-refractivity contribution is 6.08. The molecule has 0 bridgehead atoms. The highest BCUT2D eigenvalue weighted by Gasteiger charge is 2.48. The van der Waals surface area contributed by atoms with Gasteiger partial charge in [0.15, 0.2) is 5.78 Å². The number of benzene rings is 1. The minimum atomic E-state index is -1.16. The molecule has 2 aliphatic rings. The van der Waals surface area contributed by atoms with Gasteiger partial charge in [-0.1, -0.05) is 19.1 Å². The molecule has 0 amide bonds. The Morgan fingerprint density at radius 3 is 2.45 bits per heavy atom. The molecule has 0 radical (unpaired) electrons. The van der Waals surface area contributed by atoms with E-state index in [9.17, 15) is 24.9 Å². The van der Waals surface area contributed by atoms with E-state index in [4.69, 9.17) is 14.7 Å². The van der Waals surface area contributed by atoms with Crippen LogP contribution in [0, 0.1) is 23.2 Å². The number of carbonyl (C=O) groups is 2. The van der Waals surface area contributed by atoms with Gasteiger partial charge in [-0.2, -0.15) is 5.26 Å². The number of aliphatic hydroxyl groups excluding tert-OH is 3. The Bertz CT molecular complexity index is 831. The number of aliphatic hydroxyl groups is 3. The van der Waals surface area contributed by atoms with Crippen molar-refractivity contribution in [2.24, 2.45) is 11.8 Å². The van der Waals surface area contributed by atoms with Crippen LogP contribution in [0.15, 0.2) is 24.3 Å². The van der Waals surface area contributed by atoms with Crippen molar-refractivity contribution in [2.75, 3.05) is 6.61 Å². The van der Waals surface area contributed by atoms with E-state index in [2.05, 4.69) is 0 Å². The van der Waals surface area contributed by atoms with Crippen molar-refractivity contribution in [3.05, 3.63) is 35.4 Å². The smallest absolute Gasteiger partial charge is 0.170 e. The molecule has 8 nitrogen and oxygen atoms in total. The summed E-state index contributed by atoms with van der Waals surface area (Å²) in [7, 11) is 0. The normalized spacial score (nSPS) is 32.0.